The van der Waals surface area contributed by atoms with Crippen LogP contribution in [0.3, 0.4) is 0 Å². The third-order valence-corrected chi connectivity index (χ3v) is 1.78. The van der Waals surface area contributed by atoms with Crippen LogP contribution in [0.15, 0.2) is 24.5 Å². The predicted molar refractivity (Wildman–Crippen MR) is 51.2 cm³/mol. The van der Waals surface area contributed by atoms with Crippen molar-refractivity contribution in [2.24, 2.45) is 5.73 Å². The molecule has 0 bridgehead atoms. The molecule has 3 nitrogen and oxygen atoms in total. The quantitative estimate of drug-likeness (QED) is 0.729. The predicted octanol–water partition coefficient (Wildman–Crippen LogP) is 0.932. The molecule has 0 radical (unpaired) electrons. The van der Waals surface area contributed by atoms with Crippen molar-refractivity contribution in [2.75, 3.05) is 6.54 Å². The minimum absolute atomic E-state index is 0.235. The number of aromatic nitrogens is 1. The molecule has 0 saturated carbocycles. The van der Waals surface area contributed by atoms with Crippen LogP contribution >= 0.6 is 0 Å². The summed E-state index contributed by atoms with van der Waals surface area (Å²) in [5.74, 6) is 0.235. The number of carbonyl (C=O) groups is 1. The Balaban J connectivity index is 2.37. The van der Waals surface area contributed by atoms with Crippen molar-refractivity contribution in [1.29, 1.82) is 0 Å². The first-order chi connectivity index (χ1) is 6.33. The number of carbonyl (C=O) groups excluding carboxylic acids is 1. The lowest BCUT2D eigenvalue weighted by Crippen LogP contribution is -2.06. The summed E-state index contributed by atoms with van der Waals surface area (Å²) in [5.41, 5.74) is 6.28. The molecule has 70 valence electrons. The summed E-state index contributed by atoms with van der Waals surface area (Å²) in [5, 5.41) is 0. The molecule has 0 unspecified atom stereocenters. The van der Waals surface area contributed by atoms with Crippen LogP contribution in [0.4, 0.5) is 0 Å². The van der Waals surface area contributed by atoms with E-state index in [0.717, 1.165) is 12.0 Å². The smallest absolute Gasteiger partial charge is 0.137 e. The van der Waals surface area contributed by atoms with Gasteiger partial charge in [0.2, 0.25) is 0 Å². The average Bonchev–Trinajstić information content (AvgIpc) is 2.16. The number of nitrogens with two attached hydrogens (primary N) is 1. The molecule has 0 spiro atoms. The van der Waals surface area contributed by atoms with E-state index in [0.29, 0.717) is 19.4 Å². The molecular formula is C10H14N2O. The second-order valence-electron chi connectivity index (χ2n) is 2.97. The van der Waals surface area contributed by atoms with Gasteiger partial charge in [-0.15, -0.1) is 0 Å². The summed E-state index contributed by atoms with van der Waals surface area (Å²) in [6, 6.07) is 3.75. The van der Waals surface area contributed by atoms with Gasteiger partial charge in [0.1, 0.15) is 5.78 Å². The molecule has 0 aliphatic rings. The highest BCUT2D eigenvalue weighted by Crippen LogP contribution is 2.00. The van der Waals surface area contributed by atoms with Gasteiger partial charge in [0.25, 0.3) is 0 Å². The van der Waals surface area contributed by atoms with Crippen molar-refractivity contribution >= 4 is 5.78 Å². The first kappa shape index (κ1) is 9.86. The van der Waals surface area contributed by atoms with Gasteiger partial charge in [-0.25, -0.2) is 0 Å². The van der Waals surface area contributed by atoms with E-state index in [-0.39, 0.29) is 5.78 Å². The van der Waals surface area contributed by atoms with Crippen LogP contribution in [0.2, 0.25) is 0 Å². The summed E-state index contributed by atoms with van der Waals surface area (Å²) in [7, 11) is 0. The highest BCUT2D eigenvalue weighted by molar-refractivity contribution is 5.80. The van der Waals surface area contributed by atoms with E-state index in [1.54, 1.807) is 12.4 Å². The van der Waals surface area contributed by atoms with Crippen molar-refractivity contribution in [1.82, 2.24) is 4.98 Å². The lowest BCUT2D eigenvalue weighted by atomic mass is 10.1. The maximum atomic E-state index is 11.3. The zero-order chi connectivity index (χ0) is 9.52. The van der Waals surface area contributed by atoms with Crippen LogP contribution in [-0.2, 0) is 11.2 Å². The molecule has 0 amide bonds. The second kappa shape index (κ2) is 5.43. The number of Topliss-reactive ketones (excluding diaryl/α,β-unsaturated/α-hetero) is 1. The van der Waals surface area contributed by atoms with Crippen molar-refractivity contribution in [3.05, 3.63) is 30.1 Å². The maximum absolute atomic E-state index is 11.3. The van der Waals surface area contributed by atoms with E-state index >= 15 is 0 Å². The fourth-order valence-corrected chi connectivity index (χ4v) is 1.12. The van der Waals surface area contributed by atoms with Crippen LogP contribution in [0.1, 0.15) is 18.4 Å². The van der Waals surface area contributed by atoms with Crippen LogP contribution in [0.25, 0.3) is 0 Å². The zero-order valence-corrected chi connectivity index (χ0v) is 7.57. The van der Waals surface area contributed by atoms with Crippen molar-refractivity contribution < 1.29 is 4.79 Å². The van der Waals surface area contributed by atoms with E-state index in [4.69, 9.17) is 5.73 Å². The fourth-order valence-electron chi connectivity index (χ4n) is 1.12. The van der Waals surface area contributed by atoms with Gasteiger partial charge < -0.3 is 5.73 Å². The molecule has 0 atom stereocenters. The monoisotopic (exact) mass is 178 g/mol. The van der Waals surface area contributed by atoms with Crippen molar-refractivity contribution in [3.63, 3.8) is 0 Å². The Labute approximate surface area is 78.0 Å². The summed E-state index contributed by atoms with van der Waals surface area (Å²) in [6.07, 6.45) is 5.26. The molecule has 0 saturated heterocycles. The Kier molecular flexibility index (Phi) is 4.12. The van der Waals surface area contributed by atoms with Crippen LogP contribution in [-0.4, -0.2) is 17.3 Å². The van der Waals surface area contributed by atoms with Gasteiger partial charge in [0, 0.05) is 25.2 Å². The topological polar surface area (TPSA) is 56.0 Å². The highest BCUT2D eigenvalue weighted by Gasteiger charge is 2.02. The third-order valence-electron chi connectivity index (χ3n) is 1.78. The fraction of sp³-hybridized carbons (Fsp3) is 0.400. The summed E-state index contributed by atoms with van der Waals surface area (Å²) >= 11 is 0. The molecule has 0 aliphatic carbocycles. The molecule has 0 fully saturated rings. The molecule has 13 heavy (non-hydrogen) atoms. The van der Waals surface area contributed by atoms with Gasteiger partial charge in [-0.3, -0.25) is 9.78 Å². The number of ketones is 1. The normalized spacial score (nSPS) is 9.92. The van der Waals surface area contributed by atoms with E-state index in [9.17, 15) is 4.79 Å². The minimum atomic E-state index is 0.235. The molecule has 1 aromatic heterocycles. The minimum Gasteiger partial charge on any atom is -0.330 e. The van der Waals surface area contributed by atoms with Gasteiger partial charge in [-0.1, -0.05) is 6.07 Å². The lowest BCUT2D eigenvalue weighted by molar-refractivity contribution is -0.118. The molecule has 0 aromatic carbocycles. The SMILES string of the molecule is NCCCC(=O)Cc1cccnc1. The van der Waals surface area contributed by atoms with Gasteiger partial charge >= 0.3 is 0 Å². The molecule has 0 aliphatic heterocycles. The molecule has 1 aromatic rings. The highest BCUT2D eigenvalue weighted by atomic mass is 16.1. The standard InChI is InChI=1S/C10H14N2O/c11-5-1-4-10(13)7-9-3-2-6-12-8-9/h2-3,6,8H,1,4-5,7,11H2. The summed E-state index contributed by atoms with van der Waals surface area (Å²) in [6.45, 7) is 0.582. The van der Waals surface area contributed by atoms with E-state index in [1.165, 1.54) is 0 Å². The first-order valence-corrected chi connectivity index (χ1v) is 4.43. The number of rotatable bonds is 5. The zero-order valence-electron chi connectivity index (χ0n) is 7.57. The molecule has 1 heterocycles. The number of hydrogen-bond donors (Lipinski definition) is 1. The van der Waals surface area contributed by atoms with E-state index in [2.05, 4.69) is 4.98 Å². The van der Waals surface area contributed by atoms with Crippen molar-refractivity contribution in [3.8, 4) is 0 Å². The lowest BCUT2D eigenvalue weighted by Gasteiger charge is -1.98. The number of pyridine rings is 1. The number of hydrogen-bond acceptors (Lipinski definition) is 3. The van der Waals surface area contributed by atoms with Gasteiger partial charge in [-0.2, -0.15) is 0 Å². The second-order valence-corrected chi connectivity index (χ2v) is 2.97. The summed E-state index contributed by atoms with van der Waals surface area (Å²) in [4.78, 5) is 15.2. The number of nitrogens with zero attached hydrogens (tertiary/aromatic N) is 1. The largest absolute Gasteiger partial charge is 0.330 e. The van der Waals surface area contributed by atoms with Crippen molar-refractivity contribution in [2.45, 2.75) is 19.3 Å². The first-order valence-electron chi connectivity index (χ1n) is 4.43. The average molecular weight is 178 g/mol. The Morgan fingerprint density at radius 3 is 3.00 bits per heavy atom. The van der Waals surface area contributed by atoms with Gasteiger partial charge in [-0.05, 0) is 24.6 Å². The Morgan fingerprint density at radius 2 is 2.38 bits per heavy atom. The van der Waals surface area contributed by atoms with Gasteiger partial charge in [0.05, 0.1) is 0 Å². The van der Waals surface area contributed by atoms with E-state index in [1.807, 2.05) is 12.1 Å². The third kappa shape index (κ3) is 3.80. The Bertz CT molecular complexity index is 259. The van der Waals surface area contributed by atoms with Crippen LogP contribution < -0.4 is 5.73 Å². The molecule has 3 heteroatoms. The molecular weight excluding hydrogens is 164 g/mol. The Morgan fingerprint density at radius 1 is 1.54 bits per heavy atom. The van der Waals surface area contributed by atoms with Gasteiger partial charge in [0.15, 0.2) is 0 Å². The summed E-state index contributed by atoms with van der Waals surface area (Å²) < 4.78 is 0. The van der Waals surface area contributed by atoms with Crippen LogP contribution in [0.5, 0.6) is 0 Å². The maximum Gasteiger partial charge on any atom is 0.137 e. The van der Waals surface area contributed by atoms with Crippen LogP contribution in [0, 0.1) is 0 Å². The Hall–Kier alpha value is -1.22. The molecule has 1 rings (SSSR count). The molecule has 2 N–H and O–H groups in total. The van der Waals surface area contributed by atoms with E-state index < -0.39 is 0 Å².